The fourth-order valence-electron chi connectivity index (χ4n) is 1.48. The Bertz CT molecular complexity index is 538. The molecular weight excluding hydrogens is 317 g/mol. The molecule has 0 spiro atoms. The Labute approximate surface area is 126 Å². The van der Waals surface area contributed by atoms with Crippen LogP contribution in [0.5, 0.6) is 0 Å². The zero-order valence-electron chi connectivity index (χ0n) is 11.0. The number of hydrogen-bond acceptors (Lipinski definition) is 4. The third-order valence-corrected chi connectivity index (χ3v) is 4.26. The van der Waals surface area contributed by atoms with E-state index in [0.717, 1.165) is 5.56 Å². The number of carboxylic acid groups (broad SMARTS) is 2. The van der Waals surface area contributed by atoms with Gasteiger partial charge in [-0.15, -0.1) is 0 Å². The summed E-state index contributed by atoms with van der Waals surface area (Å²) >= 11 is 4.84. The van der Waals surface area contributed by atoms with Crippen LogP contribution in [0.25, 0.3) is 0 Å². The summed E-state index contributed by atoms with van der Waals surface area (Å²) in [6.45, 7) is -3.48. The van der Waals surface area contributed by atoms with Crippen molar-refractivity contribution in [3.63, 3.8) is 0 Å². The molecule has 116 valence electrons. The molecule has 0 saturated carbocycles. The second kappa shape index (κ2) is 8.21. The summed E-state index contributed by atoms with van der Waals surface area (Å²) in [5, 5.41) is 19.9. The van der Waals surface area contributed by atoms with Crippen LogP contribution in [-0.2, 0) is 32.5 Å². The molecule has 9 heteroatoms. The standard InChI is InChI=1S/C12H16NO6PS/c14-11(15)7-6-10(12(16)17)13-20(18,21)19-8-9-4-2-1-3-5-9/h1-5,10H,6-8H2,(H,14,15)(H,16,17)(H2,13,18,21)/t10-,20?/m0/s1. The lowest BCUT2D eigenvalue weighted by atomic mass is 10.2. The summed E-state index contributed by atoms with van der Waals surface area (Å²) in [6, 6.07) is 7.68. The number of carbonyl (C=O) groups is 2. The number of carboxylic acids is 2. The first-order valence-corrected chi connectivity index (χ1v) is 8.71. The van der Waals surface area contributed by atoms with Crippen molar-refractivity contribution < 1.29 is 29.2 Å². The van der Waals surface area contributed by atoms with E-state index < -0.39 is 24.6 Å². The number of aliphatic carboxylic acids is 2. The first-order valence-electron chi connectivity index (χ1n) is 6.04. The lowest BCUT2D eigenvalue weighted by Gasteiger charge is -2.21. The molecule has 0 aliphatic heterocycles. The van der Waals surface area contributed by atoms with Crippen LogP contribution < -0.4 is 5.09 Å². The number of rotatable bonds is 9. The van der Waals surface area contributed by atoms with E-state index in [-0.39, 0.29) is 19.4 Å². The third kappa shape index (κ3) is 7.31. The second-order valence-electron chi connectivity index (χ2n) is 4.23. The van der Waals surface area contributed by atoms with Crippen LogP contribution in [0.2, 0.25) is 0 Å². The normalized spacial score (nSPS) is 15.1. The van der Waals surface area contributed by atoms with Crippen LogP contribution in [0, 0.1) is 0 Å². The molecule has 7 nitrogen and oxygen atoms in total. The first-order chi connectivity index (χ1) is 9.80. The van der Waals surface area contributed by atoms with Gasteiger partial charge in [-0.1, -0.05) is 30.3 Å². The monoisotopic (exact) mass is 333 g/mol. The second-order valence-corrected chi connectivity index (χ2v) is 7.27. The zero-order valence-corrected chi connectivity index (χ0v) is 12.7. The van der Waals surface area contributed by atoms with Gasteiger partial charge in [0.1, 0.15) is 6.04 Å². The van der Waals surface area contributed by atoms with Gasteiger partial charge in [-0.2, -0.15) is 0 Å². The van der Waals surface area contributed by atoms with Crippen LogP contribution in [0.15, 0.2) is 30.3 Å². The van der Waals surface area contributed by atoms with Gasteiger partial charge in [0.15, 0.2) is 0 Å². The Morgan fingerprint density at radius 2 is 1.90 bits per heavy atom. The molecule has 0 aliphatic rings. The van der Waals surface area contributed by atoms with E-state index in [0.29, 0.717) is 0 Å². The minimum atomic E-state index is -3.52. The molecular formula is C12H16NO6PS. The van der Waals surface area contributed by atoms with Crippen molar-refractivity contribution in [3.8, 4) is 0 Å². The molecule has 0 amide bonds. The van der Waals surface area contributed by atoms with E-state index in [4.69, 9.17) is 26.5 Å². The number of benzene rings is 1. The van der Waals surface area contributed by atoms with E-state index in [1.807, 2.05) is 6.07 Å². The summed E-state index contributed by atoms with van der Waals surface area (Å²) in [7, 11) is 0. The molecule has 1 aromatic rings. The summed E-state index contributed by atoms with van der Waals surface area (Å²) in [4.78, 5) is 31.4. The summed E-state index contributed by atoms with van der Waals surface area (Å²) in [5.74, 6) is -2.41. The highest BCUT2D eigenvalue weighted by atomic mass is 32.5. The highest BCUT2D eigenvalue weighted by Gasteiger charge is 2.26. The van der Waals surface area contributed by atoms with Gasteiger partial charge in [0.05, 0.1) is 6.61 Å². The Balaban J connectivity index is 2.57. The molecule has 4 N–H and O–H groups in total. The zero-order chi connectivity index (χ0) is 15.9. The lowest BCUT2D eigenvalue weighted by molar-refractivity contribution is -0.140. The first kappa shape index (κ1) is 17.7. The number of nitrogens with one attached hydrogen (secondary N) is 1. The van der Waals surface area contributed by atoms with Crippen molar-refractivity contribution in [2.45, 2.75) is 25.5 Å². The Hall–Kier alpha value is -1.31. The molecule has 0 aromatic heterocycles. The largest absolute Gasteiger partial charge is 0.481 e. The minimum absolute atomic E-state index is 0.0346. The average molecular weight is 333 g/mol. The maximum Gasteiger partial charge on any atom is 0.321 e. The van der Waals surface area contributed by atoms with E-state index in [1.165, 1.54) is 0 Å². The Morgan fingerprint density at radius 1 is 1.29 bits per heavy atom. The Kier molecular flexibility index (Phi) is 6.94. The van der Waals surface area contributed by atoms with Gasteiger partial charge in [-0.3, -0.25) is 9.59 Å². The lowest BCUT2D eigenvalue weighted by Crippen LogP contribution is -2.35. The summed E-state index contributed by atoms with van der Waals surface area (Å²) in [6.07, 6.45) is -0.545. The Morgan fingerprint density at radius 3 is 2.43 bits per heavy atom. The topological polar surface area (TPSA) is 116 Å². The maximum absolute atomic E-state index is 11.0. The predicted molar refractivity (Wildman–Crippen MR) is 79.2 cm³/mol. The van der Waals surface area contributed by atoms with Crippen LogP contribution in [0.3, 0.4) is 0 Å². The molecule has 0 radical (unpaired) electrons. The molecule has 0 saturated heterocycles. The highest BCUT2D eigenvalue weighted by Crippen LogP contribution is 2.39. The molecule has 0 heterocycles. The van der Waals surface area contributed by atoms with E-state index in [2.05, 4.69) is 5.09 Å². The maximum atomic E-state index is 11.0. The van der Waals surface area contributed by atoms with Crippen molar-refractivity contribution in [1.29, 1.82) is 0 Å². The van der Waals surface area contributed by atoms with Crippen LogP contribution >= 0.6 is 6.64 Å². The third-order valence-electron chi connectivity index (χ3n) is 2.51. The number of hydrogen-bond donors (Lipinski definition) is 4. The summed E-state index contributed by atoms with van der Waals surface area (Å²) in [5.41, 5.74) is 0.778. The van der Waals surface area contributed by atoms with Gasteiger partial charge >= 0.3 is 11.9 Å². The van der Waals surface area contributed by atoms with Crippen molar-refractivity contribution in [2.24, 2.45) is 0 Å². The molecule has 21 heavy (non-hydrogen) atoms. The van der Waals surface area contributed by atoms with Crippen molar-refractivity contribution in [3.05, 3.63) is 35.9 Å². The van der Waals surface area contributed by atoms with Gasteiger partial charge < -0.3 is 19.6 Å². The molecule has 0 fully saturated rings. The van der Waals surface area contributed by atoms with E-state index in [9.17, 15) is 14.5 Å². The fraction of sp³-hybridized carbons (Fsp3) is 0.333. The predicted octanol–water partition coefficient (Wildman–Crippen LogP) is 1.33. The van der Waals surface area contributed by atoms with Crippen LogP contribution in [0.1, 0.15) is 18.4 Å². The quantitative estimate of drug-likeness (QED) is 0.500. The molecule has 1 rings (SSSR count). The van der Waals surface area contributed by atoms with Gasteiger partial charge in [-0.25, -0.2) is 5.09 Å². The van der Waals surface area contributed by atoms with Crippen molar-refractivity contribution in [1.82, 2.24) is 5.09 Å². The van der Waals surface area contributed by atoms with Gasteiger partial charge in [0, 0.05) is 6.42 Å². The fourth-order valence-corrected chi connectivity index (χ4v) is 3.05. The van der Waals surface area contributed by atoms with Crippen molar-refractivity contribution in [2.75, 3.05) is 0 Å². The molecule has 0 bridgehead atoms. The van der Waals surface area contributed by atoms with Gasteiger partial charge in [-0.05, 0) is 23.8 Å². The highest BCUT2D eigenvalue weighted by molar-refractivity contribution is 8.08. The SMILES string of the molecule is O=C(O)CC[C@H](NP(O)(=S)OCc1ccccc1)C(=O)O. The molecule has 2 atom stereocenters. The smallest absolute Gasteiger partial charge is 0.321 e. The molecule has 0 aliphatic carbocycles. The average Bonchev–Trinajstić information content (AvgIpc) is 2.42. The van der Waals surface area contributed by atoms with Crippen LogP contribution in [-0.4, -0.2) is 33.1 Å². The van der Waals surface area contributed by atoms with E-state index in [1.54, 1.807) is 24.3 Å². The van der Waals surface area contributed by atoms with Gasteiger partial charge in [0.25, 0.3) is 6.64 Å². The van der Waals surface area contributed by atoms with Crippen LogP contribution in [0.4, 0.5) is 0 Å². The molecule has 1 unspecified atom stereocenters. The minimum Gasteiger partial charge on any atom is -0.481 e. The van der Waals surface area contributed by atoms with Crippen molar-refractivity contribution >= 4 is 30.4 Å². The summed E-state index contributed by atoms with van der Waals surface area (Å²) < 4.78 is 5.16. The van der Waals surface area contributed by atoms with Gasteiger partial charge in [0.2, 0.25) is 0 Å². The molecule has 1 aromatic carbocycles. The van der Waals surface area contributed by atoms with E-state index >= 15 is 0 Å².